The molecule has 0 fully saturated rings. The van der Waals surface area contributed by atoms with Crippen molar-refractivity contribution in [2.45, 2.75) is 19.3 Å². The van der Waals surface area contributed by atoms with Crippen LogP contribution in [0.4, 0.5) is 0 Å². The summed E-state index contributed by atoms with van der Waals surface area (Å²) >= 11 is 0. The molecule has 0 unspecified atom stereocenters. The van der Waals surface area contributed by atoms with Crippen LogP contribution in [-0.2, 0) is 5.41 Å². The Balaban J connectivity index is 1.22. The van der Waals surface area contributed by atoms with Gasteiger partial charge in [0.05, 0.1) is 0 Å². The van der Waals surface area contributed by atoms with Gasteiger partial charge in [-0.15, -0.1) is 0 Å². The highest BCUT2D eigenvalue weighted by molar-refractivity contribution is 6.28. The van der Waals surface area contributed by atoms with Crippen LogP contribution in [0.3, 0.4) is 0 Å². The molecular formula is C47H32. The number of hydrogen-bond acceptors (Lipinski definition) is 0. The van der Waals surface area contributed by atoms with Gasteiger partial charge >= 0.3 is 0 Å². The molecule has 9 aromatic carbocycles. The van der Waals surface area contributed by atoms with E-state index in [2.05, 4.69) is 172 Å². The molecule has 1 aliphatic carbocycles. The fourth-order valence-electron chi connectivity index (χ4n) is 8.48. The molecule has 0 aromatic heterocycles. The van der Waals surface area contributed by atoms with E-state index in [0.29, 0.717) is 0 Å². The summed E-state index contributed by atoms with van der Waals surface area (Å²) in [5.41, 5.74) is 13.2. The van der Waals surface area contributed by atoms with E-state index < -0.39 is 0 Å². The third-order valence-corrected chi connectivity index (χ3v) is 10.8. The maximum atomic E-state index is 2.45. The lowest BCUT2D eigenvalue weighted by atomic mass is 9.81. The predicted octanol–water partition coefficient (Wildman–Crippen LogP) is 13.0. The highest BCUT2D eigenvalue weighted by atomic mass is 14.4. The number of hydrogen-bond donors (Lipinski definition) is 0. The summed E-state index contributed by atoms with van der Waals surface area (Å²) in [4.78, 5) is 0. The van der Waals surface area contributed by atoms with Crippen molar-refractivity contribution in [3.8, 4) is 44.5 Å². The number of benzene rings is 9. The normalized spacial score (nSPS) is 13.5. The van der Waals surface area contributed by atoms with E-state index in [-0.39, 0.29) is 5.41 Å². The Morgan fingerprint density at radius 3 is 1.62 bits per heavy atom. The summed E-state index contributed by atoms with van der Waals surface area (Å²) in [7, 11) is 0. The molecule has 9 aromatic rings. The third-order valence-electron chi connectivity index (χ3n) is 10.8. The van der Waals surface area contributed by atoms with Crippen LogP contribution in [0.2, 0.25) is 0 Å². The molecule has 0 amide bonds. The first-order chi connectivity index (χ1) is 23.1. The van der Waals surface area contributed by atoms with E-state index in [4.69, 9.17) is 0 Å². The smallest absolute Gasteiger partial charge is 0.0159 e. The van der Waals surface area contributed by atoms with E-state index in [1.54, 1.807) is 0 Å². The first-order valence-corrected chi connectivity index (χ1v) is 16.6. The predicted molar refractivity (Wildman–Crippen MR) is 202 cm³/mol. The van der Waals surface area contributed by atoms with Crippen molar-refractivity contribution in [2.75, 3.05) is 0 Å². The molecule has 47 heavy (non-hydrogen) atoms. The van der Waals surface area contributed by atoms with E-state index >= 15 is 0 Å². The van der Waals surface area contributed by atoms with Crippen LogP contribution in [-0.4, -0.2) is 0 Å². The van der Waals surface area contributed by atoms with Crippen LogP contribution in [0.1, 0.15) is 25.0 Å². The van der Waals surface area contributed by atoms with E-state index in [9.17, 15) is 0 Å². The van der Waals surface area contributed by atoms with Crippen LogP contribution < -0.4 is 0 Å². The molecule has 0 atom stereocenters. The molecular weight excluding hydrogens is 565 g/mol. The van der Waals surface area contributed by atoms with Gasteiger partial charge in [-0.2, -0.15) is 0 Å². The molecule has 1 aliphatic rings. The van der Waals surface area contributed by atoms with Gasteiger partial charge < -0.3 is 0 Å². The van der Waals surface area contributed by atoms with Gasteiger partial charge in [-0.1, -0.05) is 153 Å². The first kappa shape index (κ1) is 26.5. The minimum Gasteiger partial charge on any atom is -0.0622 e. The van der Waals surface area contributed by atoms with Crippen LogP contribution in [0.25, 0.3) is 87.6 Å². The Morgan fingerprint density at radius 1 is 0.319 bits per heavy atom. The van der Waals surface area contributed by atoms with E-state index in [0.717, 1.165) is 0 Å². The molecule has 0 N–H and O–H groups in total. The molecule has 220 valence electrons. The monoisotopic (exact) mass is 596 g/mol. The molecule has 0 radical (unpaired) electrons. The van der Waals surface area contributed by atoms with Crippen LogP contribution in [0.5, 0.6) is 0 Å². The van der Waals surface area contributed by atoms with Crippen molar-refractivity contribution in [1.82, 2.24) is 0 Å². The Bertz CT molecular complexity index is 2690. The van der Waals surface area contributed by atoms with Crippen LogP contribution in [0.15, 0.2) is 158 Å². The minimum absolute atomic E-state index is 0.0308. The molecule has 0 spiro atoms. The summed E-state index contributed by atoms with van der Waals surface area (Å²) < 4.78 is 0. The van der Waals surface area contributed by atoms with Crippen molar-refractivity contribution < 1.29 is 0 Å². The number of rotatable bonds is 3. The molecule has 0 heteroatoms. The van der Waals surface area contributed by atoms with Gasteiger partial charge in [-0.3, -0.25) is 0 Å². The Kier molecular flexibility index (Phi) is 5.44. The Morgan fingerprint density at radius 2 is 0.872 bits per heavy atom. The molecule has 0 saturated carbocycles. The van der Waals surface area contributed by atoms with Crippen molar-refractivity contribution in [1.29, 1.82) is 0 Å². The SMILES string of the molecule is CC1(C)c2ccccc2-c2ccc(-c3ccc4ccc5c(-c6cc7ccccc7cc6-c6ccccc6)ccc6ccc3c4c65)cc21. The molecule has 0 saturated heterocycles. The summed E-state index contributed by atoms with van der Waals surface area (Å²) in [5.74, 6) is 0. The van der Waals surface area contributed by atoms with Crippen molar-refractivity contribution in [3.63, 3.8) is 0 Å². The van der Waals surface area contributed by atoms with Crippen molar-refractivity contribution in [3.05, 3.63) is 169 Å². The van der Waals surface area contributed by atoms with Gasteiger partial charge in [0.2, 0.25) is 0 Å². The second-order valence-corrected chi connectivity index (χ2v) is 13.7. The van der Waals surface area contributed by atoms with Gasteiger partial charge in [0.1, 0.15) is 0 Å². The topological polar surface area (TPSA) is 0 Å². The second kappa shape index (κ2) is 9.64. The summed E-state index contributed by atoms with van der Waals surface area (Å²) in [6.07, 6.45) is 0. The van der Waals surface area contributed by atoms with E-state index in [1.165, 1.54) is 98.7 Å². The van der Waals surface area contributed by atoms with E-state index in [1.807, 2.05) is 0 Å². The number of fused-ring (bicyclic) bond motifs is 4. The standard InChI is InChI=1S/C47H32/c1-47(2)43-15-9-8-14-37(43)38-23-20-34(28-44(38)47)35-21-16-30-19-25-40-36(22-17-31-18-24-39(35)45(30)46(31)40)42-27-33-13-7-6-12-32(33)26-41(42)29-10-4-3-5-11-29/h3-28H,1-2H3. The second-order valence-electron chi connectivity index (χ2n) is 13.7. The quantitative estimate of drug-likeness (QED) is 0.178. The van der Waals surface area contributed by atoms with Crippen LogP contribution in [0, 0.1) is 0 Å². The fraction of sp³-hybridized carbons (Fsp3) is 0.0638. The first-order valence-electron chi connectivity index (χ1n) is 16.6. The highest BCUT2D eigenvalue weighted by Gasteiger charge is 2.35. The minimum atomic E-state index is -0.0308. The molecule has 10 rings (SSSR count). The van der Waals surface area contributed by atoms with Gasteiger partial charge in [0, 0.05) is 5.41 Å². The zero-order valence-corrected chi connectivity index (χ0v) is 26.5. The lowest BCUT2D eigenvalue weighted by molar-refractivity contribution is 0.660. The van der Waals surface area contributed by atoms with Gasteiger partial charge in [-0.25, -0.2) is 0 Å². The maximum absolute atomic E-state index is 2.45. The lowest BCUT2D eigenvalue weighted by Crippen LogP contribution is -2.14. The average Bonchev–Trinajstić information content (AvgIpc) is 3.35. The summed E-state index contributed by atoms with van der Waals surface area (Å²) in [6.45, 7) is 4.73. The lowest BCUT2D eigenvalue weighted by Gasteiger charge is -2.22. The van der Waals surface area contributed by atoms with Gasteiger partial charge in [0.25, 0.3) is 0 Å². The highest BCUT2D eigenvalue weighted by Crippen LogP contribution is 2.50. The average molecular weight is 597 g/mol. The van der Waals surface area contributed by atoms with Gasteiger partial charge in [-0.05, 0) is 117 Å². The van der Waals surface area contributed by atoms with Crippen molar-refractivity contribution in [2.24, 2.45) is 0 Å². The fourth-order valence-corrected chi connectivity index (χ4v) is 8.48. The molecule has 0 aliphatic heterocycles. The Hall–Kier alpha value is -5.72. The maximum Gasteiger partial charge on any atom is 0.0159 e. The molecule has 0 heterocycles. The molecule has 0 nitrogen and oxygen atoms in total. The third kappa shape index (κ3) is 3.76. The Labute approximate surface area is 274 Å². The summed E-state index contributed by atoms with van der Waals surface area (Å²) in [5, 5.41) is 10.4. The zero-order chi connectivity index (χ0) is 31.3. The largest absolute Gasteiger partial charge is 0.0622 e. The molecule has 0 bridgehead atoms. The van der Waals surface area contributed by atoms with Crippen LogP contribution >= 0.6 is 0 Å². The summed E-state index contributed by atoms with van der Waals surface area (Å²) in [6, 6.07) is 59.0. The van der Waals surface area contributed by atoms with Gasteiger partial charge in [0.15, 0.2) is 0 Å². The van der Waals surface area contributed by atoms with Crippen molar-refractivity contribution >= 4 is 43.1 Å². The zero-order valence-electron chi connectivity index (χ0n) is 26.5.